The number of anilines is 1. The van der Waals surface area contributed by atoms with Crippen LogP contribution in [0.4, 0.5) is 5.82 Å². The van der Waals surface area contributed by atoms with E-state index in [-0.39, 0.29) is 0 Å². The van der Waals surface area contributed by atoms with E-state index in [1.807, 2.05) is 18.2 Å². The molecule has 3 aromatic rings. The van der Waals surface area contributed by atoms with Gasteiger partial charge in [-0.25, -0.2) is 9.97 Å². The third kappa shape index (κ3) is 2.22. The van der Waals surface area contributed by atoms with E-state index in [0.29, 0.717) is 18.2 Å². The number of H-pyrrole nitrogens is 1. The second kappa shape index (κ2) is 5.03. The van der Waals surface area contributed by atoms with Crippen molar-refractivity contribution in [3.63, 3.8) is 0 Å². The molecule has 5 nitrogen and oxygen atoms in total. The number of rotatable bonds is 4. The number of methoxy groups -OCH3 is 1. The Labute approximate surface area is 115 Å². The number of nitrogens with zero attached hydrogens (tertiary/aromatic N) is 2. The summed E-state index contributed by atoms with van der Waals surface area (Å²) in [6, 6.07) is 5.70. The monoisotopic (exact) mass is 276 g/mol. The highest BCUT2D eigenvalue weighted by atomic mass is 35.5. The normalized spacial score (nSPS) is 11.3. The van der Waals surface area contributed by atoms with E-state index < -0.39 is 0 Å². The highest BCUT2D eigenvalue weighted by Crippen LogP contribution is 2.28. The van der Waals surface area contributed by atoms with Crippen molar-refractivity contribution in [2.24, 2.45) is 0 Å². The van der Waals surface area contributed by atoms with Crippen molar-refractivity contribution < 1.29 is 4.74 Å². The van der Waals surface area contributed by atoms with E-state index in [9.17, 15) is 0 Å². The zero-order valence-electron chi connectivity index (χ0n) is 10.4. The number of halogens is 1. The van der Waals surface area contributed by atoms with Crippen LogP contribution in [0.5, 0.6) is 0 Å². The third-order valence-electron chi connectivity index (χ3n) is 2.94. The maximum atomic E-state index is 6.03. The first kappa shape index (κ1) is 12.2. The van der Waals surface area contributed by atoms with E-state index in [4.69, 9.17) is 16.3 Å². The number of hydrogen-bond donors (Lipinski definition) is 2. The van der Waals surface area contributed by atoms with Crippen LogP contribution in [0.1, 0.15) is 0 Å². The quantitative estimate of drug-likeness (QED) is 0.719. The number of benzene rings is 1. The van der Waals surface area contributed by atoms with Crippen molar-refractivity contribution in [2.75, 3.05) is 25.6 Å². The van der Waals surface area contributed by atoms with Crippen molar-refractivity contribution in [1.82, 2.24) is 15.0 Å². The van der Waals surface area contributed by atoms with Gasteiger partial charge in [-0.1, -0.05) is 11.6 Å². The summed E-state index contributed by atoms with van der Waals surface area (Å²) in [4.78, 5) is 11.9. The molecule has 98 valence electrons. The molecule has 0 unspecified atom stereocenters. The smallest absolute Gasteiger partial charge is 0.153 e. The average molecular weight is 277 g/mol. The Morgan fingerprint density at radius 2 is 2.26 bits per heavy atom. The van der Waals surface area contributed by atoms with Crippen LogP contribution in [-0.2, 0) is 4.74 Å². The lowest BCUT2D eigenvalue weighted by atomic mass is 10.2. The van der Waals surface area contributed by atoms with Gasteiger partial charge >= 0.3 is 0 Å². The molecule has 0 radical (unpaired) electrons. The largest absolute Gasteiger partial charge is 0.383 e. The fourth-order valence-corrected chi connectivity index (χ4v) is 2.24. The van der Waals surface area contributed by atoms with E-state index >= 15 is 0 Å². The van der Waals surface area contributed by atoms with Crippen molar-refractivity contribution in [3.8, 4) is 0 Å². The minimum Gasteiger partial charge on any atom is -0.383 e. The molecule has 3 rings (SSSR count). The van der Waals surface area contributed by atoms with E-state index in [1.165, 1.54) is 0 Å². The molecule has 2 heterocycles. The van der Waals surface area contributed by atoms with Crippen LogP contribution in [0.25, 0.3) is 21.9 Å². The number of nitrogens with one attached hydrogen (secondary N) is 2. The molecule has 0 amide bonds. The van der Waals surface area contributed by atoms with Gasteiger partial charge in [0.1, 0.15) is 17.4 Å². The molecule has 0 saturated heterocycles. The summed E-state index contributed by atoms with van der Waals surface area (Å²) in [6.45, 7) is 1.32. The molecule has 2 aromatic heterocycles. The average Bonchev–Trinajstić information content (AvgIpc) is 2.78. The molecule has 0 spiro atoms. The molecule has 0 aliphatic heterocycles. The molecule has 2 N–H and O–H groups in total. The molecule has 0 fully saturated rings. The van der Waals surface area contributed by atoms with Crippen LogP contribution in [0.2, 0.25) is 5.02 Å². The fraction of sp³-hybridized carbons (Fsp3) is 0.231. The minimum absolute atomic E-state index is 0.623. The Bertz CT molecular complexity index is 725. The van der Waals surface area contributed by atoms with E-state index in [2.05, 4.69) is 20.3 Å². The highest BCUT2D eigenvalue weighted by molar-refractivity contribution is 6.31. The molecule has 1 aromatic carbocycles. The van der Waals surface area contributed by atoms with Crippen LogP contribution < -0.4 is 5.32 Å². The van der Waals surface area contributed by atoms with Gasteiger partial charge in [-0.2, -0.15) is 0 Å². The van der Waals surface area contributed by atoms with Crippen molar-refractivity contribution in [2.45, 2.75) is 0 Å². The summed E-state index contributed by atoms with van der Waals surface area (Å²) < 4.78 is 5.02. The Hall–Kier alpha value is -1.85. The SMILES string of the molecule is COCCNc1ncnc2c1[nH]c1ccc(Cl)cc12. The van der Waals surface area contributed by atoms with Crippen LogP contribution in [0, 0.1) is 0 Å². The lowest BCUT2D eigenvalue weighted by Gasteiger charge is -2.04. The molecule has 19 heavy (non-hydrogen) atoms. The summed E-state index contributed by atoms with van der Waals surface area (Å²) in [5.41, 5.74) is 2.75. The zero-order valence-corrected chi connectivity index (χ0v) is 11.2. The first-order chi connectivity index (χ1) is 9.29. The Kier molecular flexibility index (Phi) is 3.23. The summed E-state index contributed by atoms with van der Waals surface area (Å²) >= 11 is 6.03. The van der Waals surface area contributed by atoms with E-state index in [0.717, 1.165) is 27.8 Å². The van der Waals surface area contributed by atoms with E-state index in [1.54, 1.807) is 13.4 Å². The van der Waals surface area contributed by atoms with Crippen LogP contribution in [0.15, 0.2) is 24.5 Å². The molecular weight excluding hydrogens is 264 g/mol. The number of fused-ring (bicyclic) bond motifs is 3. The number of ether oxygens (including phenoxy) is 1. The number of hydrogen-bond acceptors (Lipinski definition) is 4. The van der Waals surface area contributed by atoms with Gasteiger partial charge in [0, 0.05) is 29.6 Å². The zero-order chi connectivity index (χ0) is 13.2. The van der Waals surface area contributed by atoms with Crippen LogP contribution in [-0.4, -0.2) is 35.2 Å². The second-order valence-corrected chi connectivity index (χ2v) is 4.62. The molecular formula is C13H13ClN4O. The Balaban J connectivity index is 2.12. The fourth-order valence-electron chi connectivity index (χ4n) is 2.07. The van der Waals surface area contributed by atoms with Gasteiger partial charge in [-0.05, 0) is 18.2 Å². The van der Waals surface area contributed by atoms with Crippen LogP contribution in [0.3, 0.4) is 0 Å². The van der Waals surface area contributed by atoms with Crippen LogP contribution >= 0.6 is 11.6 Å². The van der Waals surface area contributed by atoms with Crippen molar-refractivity contribution in [1.29, 1.82) is 0 Å². The second-order valence-electron chi connectivity index (χ2n) is 4.18. The van der Waals surface area contributed by atoms with Gasteiger partial charge in [0.25, 0.3) is 0 Å². The first-order valence-corrected chi connectivity index (χ1v) is 6.32. The maximum Gasteiger partial charge on any atom is 0.153 e. The van der Waals surface area contributed by atoms with Gasteiger partial charge in [-0.3, -0.25) is 0 Å². The van der Waals surface area contributed by atoms with Gasteiger partial charge in [0.2, 0.25) is 0 Å². The standard InChI is InChI=1S/C13H13ClN4O/c1-19-5-4-15-13-12-11(16-7-17-13)9-6-8(14)2-3-10(9)18-12/h2-3,6-7,18H,4-5H2,1H3,(H,15,16,17). The molecule has 6 heteroatoms. The van der Waals surface area contributed by atoms with Gasteiger partial charge in [0.05, 0.1) is 6.61 Å². The summed E-state index contributed by atoms with van der Waals surface area (Å²) in [5, 5.41) is 4.92. The van der Waals surface area contributed by atoms with Gasteiger partial charge in [-0.15, -0.1) is 0 Å². The topological polar surface area (TPSA) is 62.8 Å². The molecule has 0 bridgehead atoms. The molecule has 0 atom stereocenters. The van der Waals surface area contributed by atoms with Crippen molar-refractivity contribution in [3.05, 3.63) is 29.5 Å². The minimum atomic E-state index is 0.623. The van der Waals surface area contributed by atoms with Crippen molar-refractivity contribution >= 4 is 39.4 Å². The molecule has 0 saturated carbocycles. The lowest BCUT2D eigenvalue weighted by molar-refractivity contribution is 0.210. The van der Waals surface area contributed by atoms with Gasteiger partial charge in [0.15, 0.2) is 5.82 Å². The highest BCUT2D eigenvalue weighted by Gasteiger charge is 2.10. The third-order valence-corrected chi connectivity index (χ3v) is 3.18. The summed E-state index contributed by atoms with van der Waals surface area (Å²) in [6.07, 6.45) is 1.55. The summed E-state index contributed by atoms with van der Waals surface area (Å²) in [7, 11) is 1.67. The Morgan fingerprint density at radius 1 is 1.37 bits per heavy atom. The maximum absolute atomic E-state index is 6.03. The summed E-state index contributed by atoms with van der Waals surface area (Å²) in [5.74, 6) is 0.773. The first-order valence-electron chi connectivity index (χ1n) is 5.94. The number of aromatic nitrogens is 3. The molecule has 0 aliphatic carbocycles. The number of aromatic amines is 1. The van der Waals surface area contributed by atoms with Gasteiger partial charge < -0.3 is 15.0 Å². The Morgan fingerprint density at radius 3 is 3.11 bits per heavy atom. The lowest BCUT2D eigenvalue weighted by Crippen LogP contribution is -2.09. The molecule has 0 aliphatic rings. The predicted octanol–water partition coefficient (Wildman–Crippen LogP) is 2.82. The predicted molar refractivity (Wildman–Crippen MR) is 76.8 cm³/mol.